The fourth-order valence-corrected chi connectivity index (χ4v) is 3.23. The predicted molar refractivity (Wildman–Crippen MR) is 113 cm³/mol. The Morgan fingerprint density at radius 2 is 1.86 bits per heavy atom. The highest BCUT2D eigenvalue weighted by Gasteiger charge is 2.15. The first-order valence-electron chi connectivity index (χ1n) is 9.31. The van der Waals surface area contributed by atoms with Crippen LogP contribution in [0.2, 0.25) is 0 Å². The molecule has 1 heterocycles. The lowest BCUT2D eigenvalue weighted by molar-refractivity contribution is -0.113. The molecule has 29 heavy (non-hydrogen) atoms. The highest BCUT2D eigenvalue weighted by Crippen LogP contribution is 2.21. The van der Waals surface area contributed by atoms with E-state index in [1.165, 1.54) is 17.3 Å². The van der Waals surface area contributed by atoms with E-state index in [9.17, 15) is 9.59 Å². The molecular weight excluding hydrogens is 388 g/mol. The van der Waals surface area contributed by atoms with E-state index in [0.29, 0.717) is 22.2 Å². The number of H-pyrrole nitrogens is 1. The fraction of sp³-hybridized carbons (Fsp3) is 0.238. The quantitative estimate of drug-likeness (QED) is 0.431. The number of aromatic nitrogens is 3. The van der Waals surface area contributed by atoms with Crippen molar-refractivity contribution in [2.45, 2.75) is 25.4 Å². The first kappa shape index (κ1) is 20.6. The molecule has 150 valence electrons. The highest BCUT2D eigenvalue weighted by atomic mass is 32.2. The maximum absolute atomic E-state index is 12.3. The summed E-state index contributed by atoms with van der Waals surface area (Å²) in [5, 5.41) is 10.3. The van der Waals surface area contributed by atoms with Crippen LogP contribution in [0.5, 0.6) is 0 Å². The Morgan fingerprint density at radius 1 is 1.10 bits per heavy atom. The molecule has 0 bridgehead atoms. The van der Waals surface area contributed by atoms with Crippen molar-refractivity contribution in [2.75, 3.05) is 17.7 Å². The lowest BCUT2D eigenvalue weighted by Crippen LogP contribution is -2.17. The molecule has 3 rings (SSSR count). The van der Waals surface area contributed by atoms with Gasteiger partial charge in [0.15, 0.2) is 5.82 Å². The number of para-hydroxylation sites is 1. The second kappa shape index (κ2) is 9.88. The first-order valence-corrected chi connectivity index (χ1v) is 10.3. The summed E-state index contributed by atoms with van der Waals surface area (Å²) in [6, 6.07) is 14.8. The monoisotopic (exact) mass is 410 g/mol. The van der Waals surface area contributed by atoms with Crippen molar-refractivity contribution in [1.29, 1.82) is 0 Å². The van der Waals surface area contributed by atoms with Gasteiger partial charge < -0.3 is 10.1 Å². The maximum atomic E-state index is 12.3. The normalized spacial score (nSPS) is 10.6. The Bertz CT molecular complexity index is 986. The molecule has 0 aliphatic heterocycles. The van der Waals surface area contributed by atoms with Gasteiger partial charge in [-0.1, -0.05) is 55.1 Å². The number of benzene rings is 2. The van der Waals surface area contributed by atoms with E-state index in [1.54, 1.807) is 31.2 Å². The minimum atomic E-state index is -0.469. The van der Waals surface area contributed by atoms with Crippen molar-refractivity contribution >= 4 is 29.3 Å². The van der Waals surface area contributed by atoms with Crippen LogP contribution in [0.4, 0.5) is 5.69 Å². The number of esters is 1. The highest BCUT2D eigenvalue weighted by molar-refractivity contribution is 7.99. The van der Waals surface area contributed by atoms with Crippen LogP contribution < -0.4 is 5.32 Å². The number of aryl methyl sites for hydroxylation is 1. The molecule has 2 N–H and O–H groups in total. The fourth-order valence-electron chi connectivity index (χ4n) is 2.63. The molecule has 1 aromatic heterocycles. The number of rotatable bonds is 8. The lowest BCUT2D eigenvalue weighted by atomic mass is 10.1. The molecule has 0 aliphatic carbocycles. The Hall–Kier alpha value is -3.13. The summed E-state index contributed by atoms with van der Waals surface area (Å²) in [5.41, 5.74) is 2.93. The minimum absolute atomic E-state index is 0.114. The molecule has 7 nitrogen and oxygen atoms in total. The van der Waals surface area contributed by atoms with Gasteiger partial charge in [-0.3, -0.25) is 9.89 Å². The van der Waals surface area contributed by atoms with Gasteiger partial charge in [-0.15, -0.1) is 5.10 Å². The number of ether oxygens (including phenoxy) is 1. The van der Waals surface area contributed by atoms with E-state index in [1.807, 2.05) is 12.1 Å². The van der Waals surface area contributed by atoms with E-state index >= 15 is 0 Å². The lowest BCUT2D eigenvalue weighted by Gasteiger charge is -2.09. The van der Waals surface area contributed by atoms with E-state index in [0.717, 1.165) is 12.0 Å². The molecule has 0 unspecified atom stereocenters. The van der Waals surface area contributed by atoms with E-state index in [2.05, 4.69) is 39.6 Å². The van der Waals surface area contributed by atoms with Crippen molar-refractivity contribution in [1.82, 2.24) is 15.2 Å². The average molecular weight is 410 g/mol. The number of hydrogen-bond acceptors (Lipinski definition) is 6. The molecular formula is C21H22N4O3S. The summed E-state index contributed by atoms with van der Waals surface area (Å²) >= 11 is 1.21. The smallest absolute Gasteiger partial charge is 0.340 e. The second-order valence-corrected chi connectivity index (χ2v) is 7.06. The van der Waals surface area contributed by atoms with Crippen LogP contribution in [0.1, 0.15) is 29.8 Å². The van der Waals surface area contributed by atoms with Crippen LogP contribution in [0.25, 0.3) is 11.4 Å². The zero-order valence-corrected chi connectivity index (χ0v) is 17.1. The SMILES string of the molecule is CCOC(=O)c1ccccc1NC(=O)CSc1n[nH]c(-c2ccc(CC)cc2)n1. The molecule has 0 saturated heterocycles. The summed E-state index contributed by atoms with van der Waals surface area (Å²) in [4.78, 5) is 28.7. The summed E-state index contributed by atoms with van der Waals surface area (Å²) in [6.45, 7) is 4.11. The third-order valence-corrected chi connectivity index (χ3v) is 4.98. The van der Waals surface area contributed by atoms with Crippen molar-refractivity contribution < 1.29 is 14.3 Å². The van der Waals surface area contributed by atoms with Gasteiger partial charge in [0.2, 0.25) is 11.1 Å². The van der Waals surface area contributed by atoms with Gasteiger partial charge in [0.1, 0.15) is 0 Å². The number of nitrogens with zero attached hydrogens (tertiary/aromatic N) is 2. The molecule has 0 radical (unpaired) electrons. The van der Waals surface area contributed by atoms with Crippen LogP contribution in [0.3, 0.4) is 0 Å². The molecule has 0 atom stereocenters. The zero-order valence-electron chi connectivity index (χ0n) is 16.3. The summed E-state index contributed by atoms with van der Waals surface area (Å²) < 4.78 is 5.02. The maximum Gasteiger partial charge on any atom is 0.340 e. The molecule has 0 aliphatic rings. The van der Waals surface area contributed by atoms with E-state index < -0.39 is 5.97 Å². The summed E-state index contributed by atoms with van der Waals surface area (Å²) in [7, 11) is 0. The third-order valence-electron chi connectivity index (χ3n) is 4.13. The topological polar surface area (TPSA) is 97.0 Å². The second-order valence-electron chi connectivity index (χ2n) is 6.12. The number of carbonyl (C=O) groups excluding carboxylic acids is 2. The summed E-state index contributed by atoms with van der Waals surface area (Å²) in [6.07, 6.45) is 0.978. The third kappa shape index (κ3) is 5.45. The van der Waals surface area contributed by atoms with Gasteiger partial charge in [0.05, 0.1) is 23.6 Å². The zero-order chi connectivity index (χ0) is 20.6. The number of thioether (sulfide) groups is 1. The van der Waals surface area contributed by atoms with Gasteiger partial charge in [0, 0.05) is 5.56 Å². The minimum Gasteiger partial charge on any atom is -0.462 e. The van der Waals surface area contributed by atoms with Crippen LogP contribution in [0, 0.1) is 0 Å². The van der Waals surface area contributed by atoms with Gasteiger partial charge in [-0.2, -0.15) is 0 Å². The summed E-state index contributed by atoms with van der Waals surface area (Å²) in [5.74, 6) is 0.0424. The number of nitrogens with one attached hydrogen (secondary N) is 2. The molecule has 3 aromatic rings. The van der Waals surface area contributed by atoms with E-state index in [4.69, 9.17) is 4.74 Å². The number of hydrogen-bond donors (Lipinski definition) is 2. The number of amides is 1. The molecule has 0 spiro atoms. The molecule has 8 heteroatoms. The molecule has 2 aromatic carbocycles. The number of aromatic amines is 1. The molecule has 0 saturated carbocycles. The number of carbonyl (C=O) groups is 2. The Kier molecular flexibility index (Phi) is 7.02. The Balaban J connectivity index is 1.59. The van der Waals surface area contributed by atoms with Crippen LogP contribution in [-0.2, 0) is 16.0 Å². The van der Waals surface area contributed by atoms with Crippen LogP contribution in [0.15, 0.2) is 53.7 Å². The molecule has 1 amide bonds. The number of anilines is 1. The van der Waals surface area contributed by atoms with Crippen LogP contribution in [-0.4, -0.2) is 39.4 Å². The van der Waals surface area contributed by atoms with Gasteiger partial charge in [-0.25, -0.2) is 9.78 Å². The predicted octanol–water partition coefficient (Wildman–Crippen LogP) is 3.94. The Morgan fingerprint density at radius 3 is 2.59 bits per heavy atom. The molecule has 0 fully saturated rings. The standard InChI is InChI=1S/C21H22N4O3S/c1-3-14-9-11-15(12-10-14)19-23-21(25-24-19)29-13-18(26)22-17-8-6-5-7-16(17)20(27)28-4-2/h5-12H,3-4,13H2,1-2H3,(H,22,26)(H,23,24,25). The van der Waals surface area contributed by atoms with Crippen molar-refractivity contribution in [3.05, 3.63) is 59.7 Å². The van der Waals surface area contributed by atoms with Gasteiger partial charge in [-0.05, 0) is 31.0 Å². The van der Waals surface area contributed by atoms with Crippen molar-refractivity contribution in [2.24, 2.45) is 0 Å². The van der Waals surface area contributed by atoms with Gasteiger partial charge in [0.25, 0.3) is 0 Å². The van der Waals surface area contributed by atoms with Gasteiger partial charge >= 0.3 is 5.97 Å². The largest absolute Gasteiger partial charge is 0.462 e. The van der Waals surface area contributed by atoms with Crippen molar-refractivity contribution in [3.63, 3.8) is 0 Å². The Labute approximate surface area is 173 Å². The average Bonchev–Trinajstić information content (AvgIpc) is 3.22. The van der Waals surface area contributed by atoms with Crippen molar-refractivity contribution in [3.8, 4) is 11.4 Å². The first-order chi connectivity index (χ1) is 14.1. The van der Waals surface area contributed by atoms with E-state index in [-0.39, 0.29) is 18.3 Å². The van der Waals surface area contributed by atoms with Crippen LogP contribution >= 0.6 is 11.8 Å².